The molecule has 10 heteroatoms. The number of aryl methyl sites for hydroxylation is 1. The van der Waals surface area contributed by atoms with Gasteiger partial charge < -0.3 is 16.0 Å². The number of amides is 1. The number of nitrogens with zero attached hydrogens (tertiary/aromatic N) is 2. The van der Waals surface area contributed by atoms with Crippen LogP contribution in [0.1, 0.15) is 31.2 Å². The first-order valence-electron chi connectivity index (χ1n) is 9.64. The minimum absolute atomic E-state index is 0. The van der Waals surface area contributed by atoms with Gasteiger partial charge in [-0.1, -0.05) is 25.0 Å². The van der Waals surface area contributed by atoms with Gasteiger partial charge in [-0.3, -0.25) is 4.79 Å². The number of carbonyl (C=O) groups excluding carboxylic acids is 1. The van der Waals surface area contributed by atoms with Gasteiger partial charge in [-0.2, -0.15) is 4.31 Å². The summed E-state index contributed by atoms with van der Waals surface area (Å²) < 4.78 is 26.8. The third-order valence-electron chi connectivity index (χ3n) is 5.67. The van der Waals surface area contributed by atoms with Crippen molar-refractivity contribution >= 4 is 46.4 Å². The molecule has 1 aliphatic heterocycles. The number of rotatable bonds is 6. The van der Waals surface area contributed by atoms with Crippen LogP contribution in [0.2, 0.25) is 0 Å². The van der Waals surface area contributed by atoms with Gasteiger partial charge in [0.2, 0.25) is 15.9 Å². The van der Waals surface area contributed by atoms with Gasteiger partial charge in [0.15, 0.2) is 0 Å². The molecule has 166 valence electrons. The van der Waals surface area contributed by atoms with Gasteiger partial charge in [0.05, 0.1) is 5.54 Å². The highest BCUT2D eigenvalue weighted by molar-refractivity contribution is 7.89. The van der Waals surface area contributed by atoms with E-state index < -0.39 is 27.2 Å². The van der Waals surface area contributed by atoms with E-state index in [1.807, 2.05) is 25.1 Å². The standard InChI is InChI=1S/C19H30N4O3S.2ClH/c1-16-5-4-6-17(13-16)22-9-11-23(12-10-22)27(25,26)14-18(24)21-19(15-20)7-2-3-8-19;;/h4-6,13H,2-3,7-12,14-15,20H2,1H3,(H,21,24);2*1H. The Bertz CT molecular complexity index is 777. The average Bonchev–Trinajstić information content (AvgIpc) is 3.10. The maximum absolute atomic E-state index is 12.7. The molecule has 29 heavy (non-hydrogen) atoms. The van der Waals surface area contributed by atoms with Crippen LogP contribution in [-0.4, -0.2) is 62.6 Å². The Kier molecular flexibility index (Phi) is 9.69. The Morgan fingerprint density at radius 3 is 2.31 bits per heavy atom. The third-order valence-corrected chi connectivity index (χ3v) is 7.45. The lowest BCUT2D eigenvalue weighted by molar-refractivity contribution is -0.120. The number of carbonyl (C=O) groups is 1. The SMILES string of the molecule is Cc1cccc(N2CCN(S(=O)(=O)CC(=O)NC3(CN)CCCC3)CC2)c1.Cl.Cl. The van der Waals surface area contributed by atoms with Crippen molar-refractivity contribution in [2.24, 2.45) is 5.73 Å². The topological polar surface area (TPSA) is 95.7 Å². The highest BCUT2D eigenvalue weighted by Gasteiger charge is 2.36. The van der Waals surface area contributed by atoms with Crippen LogP contribution in [0.4, 0.5) is 5.69 Å². The summed E-state index contributed by atoms with van der Waals surface area (Å²) in [7, 11) is -3.62. The van der Waals surface area contributed by atoms with Gasteiger partial charge in [-0.05, 0) is 37.5 Å². The van der Waals surface area contributed by atoms with Gasteiger partial charge in [-0.15, -0.1) is 24.8 Å². The molecule has 1 amide bonds. The quantitative estimate of drug-likeness (QED) is 0.664. The van der Waals surface area contributed by atoms with Crippen LogP contribution in [0.3, 0.4) is 0 Å². The molecule has 1 saturated carbocycles. The highest BCUT2D eigenvalue weighted by Crippen LogP contribution is 2.28. The van der Waals surface area contributed by atoms with E-state index in [0.29, 0.717) is 32.7 Å². The van der Waals surface area contributed by atoms with Gasteiger partial charge >= 0.3 is 0 Å². The van der Waals surface area contributed by atoms with Crippen molar-refractivity contribution < 1.29 is 13.2 Å². The normalized spacial score (nSPS) is 19.2. The van der Waals surface area contributed by atoms with Crippen molar-refractivity contribution in [2.45, 2.75) is 38.1 Å². The molecule has 0 bridgehead atoms. The molecule has 1 heterocycles. The summed E-state index contributed by atoms with van der Waals surface area (Å²) in [5.74, 6) is -0.942. The summed E-state index contributed by atoms with van der Waals surface area (Å²) >= 11 is 0. The van der Waals surface area contributed by atoms with Crippen molar-refractivity contribution in [1.82, 2.24) is 9.62 Å². The Hall–Kier alpha value is -1.06. The molecule has 0 unspecified atom stereocenters. The molecule has 3 rings (SSSR count). The number of halogens is 2. The zero-order chi connectivity index (χ0) is 19.5. The lowest BCUT2D eigenvalue weighted by atomic mass is 9.98. The van der Waals surface area contributed by atoms with E-state index >= 15 is 0 Å². The fourth-order valence-electron chi connectivity index (χ4n) is 4.07. The van der Waals surface area contributed by atoms with Crippen LogP contribution in [-0.2, 0) is 14.8 Å². The summed E-state index contributed by atoms with van der Waals surface area (Å²) in [6, 6.07) is 8.19. The first-order valence-corrected chi connectivity index (χ1v) is 11.3. The van der Waals surface area contributed by atoms with E-state index in [4.69, 9.17) is 5.73 Å². The molecule has 3 N–H and O–H groups in total. The lowest BCUT2D eigenvalue weighted by Crippen LogP contribution is -2.55. The number of anilines is 1. The zero-order valence-electron chi connectivity index (χ0n) is 16.8. The Labute approximate surface area is 186 Å². The van der Waals surface area contributed by atoms with Crippen molar-refractivity contribution in [3.8, 4) is 0 Å². The first kappa shape index (κ1) is 26.0. The van der Waals surface area contributed by atoms with Gasteiger partial charge in [0, 0.05) is 38.4 Å². The maximum Gasteiger partial charge on any atom is 0.237 e. The highest BCUT2D eigenvalue weighted by atomic mass is 35.5. The number of benzene rings is 1. The Morgan fingerprint density at radius 2 is 1.76 bits per heavy atom. The van der Waals surface area contributed by atoms with E-state index in [2.05, 4.69) is 16.3 Å². The molecule has 1 aromatic rings. The molecule has 1 aromatic carbocycles. The fourth-order valence-corrected chi connectivity index (χ4v) is 5.38. The molecule has 1 saturated heterocycles. The number of nitrogens with one attached hydrogen (secondary N) is 1. The minimum Gasteiger partial charge on any atom is -0.369 e. The Morgan fingerprint density at radius 1 is 1.14 bits per heavy atom. The van der Waals surface area contributed by atoms with Crippen molar-refractivity contribution in [3.63, 3.8) is 0 Å². The maximum atomic E-state index is 12.7. The number of hydrogen-bond acceptors (Lipinski definition) is 5. The van der Waals surface area contributed by atoms with Crippen LogP contribution in [0.25, 0.3) is 0 Å². The van der Waals surface area contributed by atoms with Crippen LogP contribution < -0.4 is 16.0 Å². The van der Waals surface area contributed by atoms with E-state index in [9.17, 15) is 13.2 Å². The smallest absolute Gasteiger partial charge is 0.237 e. The zero-order valence-corrected chi connectivity index (χ0v) is 19.3. The van der Waals surface area contributed by atoms with Crippen molar-refractivity contribution in [2.75, 3.05) is 43.4 Å². The van der Waals surface area contributed by atoms with Crippen LogP contribution in [0.15, 0.2) is 24.3 Å². The minimum atomic E-state index is -3.62. The molecule has 2 fully saturated rings. The number of hydrogen-bond donors (Lipinski definition) is 2. The van der Waals surface area contributed by atoms with Crippen molar-refractivity contribution in [1.29, 1.82) is 0 Å². The summed E-state index contributed by atoms with van der Waals surface area (Å²) in [5.41, 5.74) is 7.69. The molecule has 2 aliphatic rings. The van der Waals surface area contributed by atoms with Crippen LogP contribution >= 0.6 is 24.8 Å². The average molecular weight is 467 g/mol. The van der Waals surface area contributed by atoms with Crippen LogP contribution in [0, 0.1) is 6.92 Å². The number of piperazine rings is 1. The Balaban J connectivity index is 0.00000210. The summed E-state index contributed by atoms with van der Waals surface area (Å²) in [4.78, 5) is 14.5. The molecule has 0 radical (unpaired) electrons. The number of sulfonamides is 1. The molecule has 7 nitrogen and oxygen atoms in total. The monoisotopic (exact) mass is 466 g/mol. The molecular formula is C19H32Cl2N4O3S. The second-order valence-corrected chi connectivity index (χ2v) is 9.69. The predicted molar refractivity (Wildman–Crippen MR) is 122 cm³/mol. The summed E-state index contributed by atoms with van der Waals surface area (Å²) in [6.45, 7) is 4.43. The van der Waals surface area contributed by atoms with Gasteiger partial charge in [0.25, 0.3) is 0 Å². The first-order chi connectivity index (χ1) is 12.8. The molecule has 1 aliphatic carbocycles. The third kappa shape index (κ3) is 6.46. The summed E-state index contributed by atoms with van der Waals surface area (Å²) in [6.07, 6.45) is 3.69. The fraction of sp³-hybridized carbons (Fsp3) is 0.632. The van der Waals surface area contributed by atoms with E-state index in [1.165, 1.54) is 9.87 Å². The number of nitrogens with two attached hydrogens (primary N) is 1. The van der Waals surface area contributed by atoms with Crippen LogP contribution in [0.5, 0.6) is 0 Å². The van der Waals surface area contributed by atoms with Gasteiger partial charge in [-0.25, -0.2) is 8.42 Å². The second-order valence-electron chi connectivity index (χ2n) is 7.72. The van der Waals surface area contributed by atoms with E-state index in [1.54, 1.807) is 0 Å². The summed E-state index contributed by atoms with van der Waals surface area (Å²) in [5, 5.41) is 2.90. The van der Waals surface area contributed by atoms with Crippen molar-refractivity contribution in [3.05, 3.63) is 29.8 Å². The molecular weight excluding hydrogens is 435 g/mol. The van der Waals surface area contributed by atoms with E-state index in [0.717, 1.165) is 31.4 Å². The second kappa shape index (κ2) is 10.8. The predicted octanol–water partition coefficient (Wildman–Crippen LogP) is 1.68. The lowest BCUT2D eigenvalue weighted by Gasteiger charge is -2.35. The molecule has 0 aromatic heterocycles. The van der Waals surface area contributed by atoms with Gasteiger partial charge in [0.1, 0.15) is 5.75 Å². The molecule has 0 atom stereocenters. The van der Waals surface area contributed by atoms with E-state index in [-0.39, 0.29) is 24.8 Å². The molecule has 0 spiro atoms. The largest absolute Gasteiger partial charge is 0.369 e.